The second kappa shape index (κ2) is 8.90. The van der Waals surface area contributed by atoms with Crippen LogP contribution in [-0.4, -0.2) is 17.5 Å². The van der Waals surface area contributed by atoms with Gasteiger partial charge in [-0.2, -0.15) is 13.2 Å². The van der Waals surface area contributed by atoms with Crippen LogP contribution in [0.2, 0.25) is 0 Å². The minimum Gasteiger partial charge on any atom is -0.370 e. The van der Waals surface area contributed by atoms with E-state index in [0.717, 1.165) is 31.7 Å². The van der Waals surface area contributed by atoms with Gasteiger partial charge in [0.1, 0.15) is 5.82 Å². The molecule has 1 fully saturated rings. The highest BCUT2D eigenvalue weighted by molar-refractivity contribution is 14.0. The van der Waals surface area contributed by atoms with Gasteiger partial charge in [0.25, 0.3) is 0 Å². The number of nitrogens with two attached hydrogens (primary N) is 1. The summed E-state index contributed by atoms with van der Waals surface area (Å²) in [6, 6.07) is 11.0. The molecule has 3 N–H and O–H groups in total. The van der Waals surface area contributed by atoms with Crippen LogP contribution >= 0.6 is 24.0 Å². The molecule has 4 nitrogen and oxygen atoms in total. The predicted molar refractivity (Wildman–Crippen MR) is 111 cm³/mol. The minimum absolute atomic E-state index is 0. The van der Waals surface area contributed by atoms with Crippen LogP contribution < -0.4 is 11.1 Å². The van der Waals surface area contributed by atoms with Crippen molar-refractivity contribution in [3.05, 3.63) is 59.8 Å². The predicted octanol–water partition coefficient (Wildman–Crippen LogP) is 4.96. The van der Waals surface area contributed by atoms with E-state index in [2.05, 4.69) is 15.3 Å². The monoisotopic (exact) mass is 490 g/mol. The summed E-state index contributed by atoms with van der Waals surface area (Å²) in [6.07, 6.45) is 0.831. The van der Waals surface area contributed by atoms with Gasteiger partial charge in [0, 0.05) is 11.6 Å². The maximum Gasteiger partial charge on any atom is 0.416 e. The van der Waals surface area contributed by atoms with Crippen molar-refractivity contribution in [3.8, 4) is 0 Å². The molecule has 1 saturated carbocycles. The highest BCUT2D eigenvalue weighted by atomic mass is 127. The molecule has 0 amide bonds. The summed E-state index contributed by atoms with van der Waals surface area (Å²) in [6.45, 7) is 0.347. The molecule has 27 heavy (non-hydrogen) atoms. The Morgan fingerprint density at radius 3 is 2.52 bits per heavy atom. The molecule has 8 heteroatoms. The summed E-state index contributed by atoms with van der Waals surface area (Å²) in [5, 5.41) is 2.91. The first-order valence-corrected chi connectivity index (χ1v) is 8.55. The molecule has 0 bridgehead atoms. The van der Waals surface area contributed by atoms with E-state index < -0.39 is 17.2 Å². The fraction of sp³-hybridized carbons (Fsp3) is 0.368. The molecule has 1 aromatic carbocycles. The Labute approximate surface area is 173 Å². The number of hydrogen-bond acceptors (Lipinski definition) is 2. The molecule has 1 aromatic heterocycles. The molecule has 3 rings (SSSR count). The number of hydrogen-bond donors (Lipinski definition) is 2. The Hall–Kier alpha value is -1.84. The fourth-order valence-electron chi connectivity index (χ4n) is 3.46. The number of pyridine rings is 1. The van der Waals surface area contributed by atoms with E-state index >= 15 is 0 Å². The zero-order valence-electron chi connectivity index (χ0n) is 14.7. The standard InChI is InChI=1S/C19H21F3N4.HI/c20-19(21,22)15-7-5-6-14(12-15)18(9-2-3-10-18)13-25-17(23)26-16-8-1-4-11-24-16;/h1,4-8,11-12H,2-3,9-10,13H2,(H3,23,24,25,26);1H. The minimum atomic E-state index is -4.35. The molecule has 0 saturated heterocycles. The van der Waals surface area contributed by atoms with E-state index in [1.165, 1.54) is 12.1 Å². The summed E-state index contributed by atoms with van der Waals surface area (Å²) in [5.41, 5.74) is 5.59. The van der Waals surface area contributed by atoms with Gasteiger partial charge in [-0.25, -0.2) is 4.98 Å². The van der Waals surface area contributed by atoms with Crippen molar-refractivity contribution in [2.45, 2.75) is 37.3 Å². The van der Waals surface area contributed by atoms with Crippen LogP contribution in [-0.2, 0) is 11.6 Å². The zero-order valence-corrected chi connectivity index (χ0v) is 17.0. The number of halogens is 4. The van der Waals surface area contributed by atoms with Gasteiger partial charge in [0.15, 0.2) is 5.96 Å². The molecule has 1 heterocycles. The van der Waals surface area contributed by atoms with Crippen LogP contribution in [0.1, 0.15) is 36.8 Å². The Bertz CT molecular complexity index is 772. The number of nitrogens with zero attached hydrogens (tertiary/aromatic N) is 2. The molecule has 0 aliphatic heterocycles. The van der Waals surface area contributed by atoms with E-state index in [9.17, 15) is 13.2 Å². The van der Waals surface area contributed by atoms with Gasteiger partial charge in [-0.3, -0.25) is 4.99 Å². The smallest absolute Gasteiger partial charge is 0.370 e. The van der Waals surface area contributed by atoms with E-state index in [0.29, 0.717) is 17.9 Å². The SMILES string of the molecule is I.NC(=NCC1(c2cccc(C(F)(F)F)c2)CCCC1)Nc1ccccn1. The van der Waals surface area contributed by atoms with Crippen molar-refractivity contribution >= 4 is 35.8 Å². The van der Waals surface area contributed by atoms with Crippen molar-refractivity contribution < 1.29 is 13.2 Å². The molecule has 0 spiro atoms. The van der Waals surface area contributed by atoms with E-state index in [-0.39, 0.29) is 29.9 Å². The van der Waals surface area contributed by atoms with E-state index in [4.69, 9.17) is 5.73 Å². The van der Waals surface area contributed by atoms with Crippen LogP contribution in [0.3, 0.4) is 0 Å². The first kappa shape index (κ1) is 21.5. The lowest BCUT2D eigenvalue weighted by molar-refractivity contribution is -0.137. The first-order valence-electron chi connectivity index (χ1n) is 8.55. The zero-order chi connectivity index (χ0) is 18.6. The number of alkyl halides is 3. The van der Waals surface area contributed by atoms with Gasteiger partial charge in [0.2, 0.25) is 0 Å². The fourth-order valence-corrected chi connectivity index (χ4v) is 3.46. The number of aliphatic imine (C=N–C) groups is 1. The third-order valence-corrected chi connectivity index (χ3v) is 4.84. The largest absolute Gasteiger partial charge is 0.416 e. The van der Waals surface area contributed by atoms with Crippen LogP contribution in [0.25, 0.3) is 0 Å². The summed E-state index contributed by atoms with van der Waals surface area (Å²) in [4.78, 5) is 8.52. The third-order valence-electron chi connectivity index (χ3n) is 4.84. The third kappa shape index (κ3) is 5.33. The van der Waals surface area contributed by atoms with Crippen LogP contribution in [0.15, 0.2) is 53.7 Å². The second-order valence-electron chi connectivity index (χ2n) is 6.61. The summed E-state index contributed by atoms with van der Waals surface area (Å²) < 4.78 is 39.2. The van der Waals surface area contributed by atoms with Gasteiger partial charge in [-0.15, -0.1) is 24.0 Å². The lowest BCUT2D eigenvalue weighted by atomic mass is 9.78. The Morgan fingerprint density at radius 1 is 1.15 bits per heavy atom. The average Bonchev–Trinajstić information content (AvgIpc) is 3.11. The molecular weight excluding hydrogens is 468 g/mol. The Morgan fingerprint density at radius 2 is 1.89 bits per heavy atom. The van der Waals surface area contributed by atoms with Crippen molar-refractivity contribution in [3.63, 3.8) is 0 Å². The highest BCUT2D eigenvalue weighted by Gasteiger charge is 2.38. The number of rotatable bonds is 4. The van der Waals surface area contributed by atoms with Gasteiger partial charge in [0.05, 0.1) is 12.1 Å². The van der Waals surface area contributed by atoms with Crippen molar-refractivity contribution in [1.29, 1.82) is 0 Å². The number of aromatic nitrogens is 1. The van der Waals surface area contributed by atoms with Crippen LogP contribution in [0.5, 0.6) is 0 Å². The normalized spacial score (nSPS) is 16.6. The summed E-state index contributed by atoms with van der Waals surface area (Å²) >= 11 is 0. The van der Waals surface area contributed by atoms with E-state index in [1.807, 2.05) is 6.07 Å². The number of nitrogens with one attached hydrogen (secondary N) is 1. The van der Waals surface area contributed by atoms with E-state index in [1.54, 1.807) is 24.4 Å². The molecule has 2 aromatic rings. The lowest BCUT2D eigenvalue weighted by Gasteiger charge is -2.28. The molecule has 0 atom stereocenters. The average molecular weight is 490 g/mol. The summed E-state index contributed by atoms with van der Waals surface area (Å²) in [5.74, 6) is 0.787. The van der Waals surface area contributed by atoms with Crippen LogP contribution in [0, 0.1) is 0 Å². The number of benzene rings is 1. The number of guanidine groups is 1. The van der Waals surface area contributed by atoms with Gasteiger partial charge in [-0.05, 0) is 36.6 Å². The number of anilines is 1. The lowest BCUT2D eigenvalue weighted by Crippen LogP contribution is -2.30. The topological polar surface area (TPSA) is 63.3 Å². The van der Waals surface area contributed by atoms with Gasteiger partial charge < -0.3 is 11.1 Å². The van der Waals surface area contributed by atoms with Gasteiger partial charge in [-0.1, -0.05) is 37.1 Å². The molecule has 0 unspecified atom stereocenters. The molecular formula is C19H22F3IN4. The first-order chi connectivity index (χ1) is 12.4. The maximum atomic E-state index is 13.1. The molecule has 0 radical (unpaired) electrons. The van der Waals surface area contributed by atoms with Crippen molar-refractivity contribution in [1.82, 2.24) is 4.98 Å². The summed E-state index contributed by atoms with van der Waals surface area (Å²) in [7, 11) is 0. The second-order valence-corrected chi connectivity index (χ2v) is 6.61. The van der Waals surface area contributed by atoms with Crippen LogP contribution in [0.4, 0.5) is 19.0 Å². The van der Waals surface area contributed by atoms with Crippen molar-refractivity contribution in [2.75, 3.05) is 11.9 Å². The Kier molecular flexibility index (Phi) is 7.07. The molecule has 1 aliphatic carbocycles. The molecule has 1 aliphatic rings. The maximum absolute atomic E-state index is 13.1. The van der Waals surface area contributed by atoms with Crippen molar-refractivity contribution in [2.24, 2.45) is 10.7 Å². The Balaban J connectivity index is 0.00000261. The van der Waals surface area contributed by atoms with Gasteiger partial charge >= 0.3 is 6.18 Å². The highest BCUT2D eigenvalue weighted by Crippen LogP contribution is 2.43. The quantitative estimate of drug-likeness (QED) is 0.362. The molecule has 146 valence electrons.